The molecule has 99 heavy (non-hydrogen) atoms. The molecule has 0 heterocycles. The van der Waals surface area contributed by atoms with Gasteiger partial charge in [0, 0.05) is 65.2 Å². The molecule has 0 unspecified atom stereocenters. The largest absolute Gasteiger partial charge is 0.454 e. The summed E-state index contributed by atoms with van der Waals surface area (Å²) in [6, 6.07) is 57.6. The average molecular weight is 1380 g/mol. The molecule has 0 saturated heterocycles. The van der Waals surface area contributed by atoms with Crippen molar-refractivity contribution in [2.24, 2.45) is 0 Å². The van der Waals surface area contributed by atoms with Crippen LogP contribution in [0.5, 0.6) is 0 Å². The van der Waals surface area contributed by atoms with Gasteiger partial charge in [-0.3, -0.25) is 28.8 Å². The van der Waals surface area contributed by atoms with E-state index in [1.807, 2.05) is 0 Å². The Balaban J connectivity index is 0.958. The molecule has 0 radical (unpaired) electrons. The second-order valence-electron chi connectivity index (χ2n) is 24.2. The Kier molecular flexibility index (Phi) is 21.2. The Morgan fingerprint density at radius 2 is 0.424 bits per heavy atom. The molecule has 0 saturated carbocycles. The van der Waals surface area contributed by atoms with E-state index in [-0.39, 0.29) is 81.9 Å². The normalized spacial score (nSPS) is 11.5. The van der Waals surface area contributed by atoms with Crippen LogP contribution in [0.4, 0.5) is 0 Å². The zero-order valence-electron chi connectivity index (χ0n) is 55.9. The van der Waals surface area contributed by atoms with E-state index in [9.17, 15) is 43.2 Å². The van der Waals surface area contributed by atoms with Crippen molar-refractivity contribution in [1.29, 1.82) is 0 Å². The molecule has 0 N–H and O–H groups in total. The summed E-state index contributed by atoms with van der Waals surface area (Å²) in [6.07, 6.45) is 0. The number of aryl methyl sites for hydroxylation is 6. The monoisotopic (exact) mass is 1370 g/mol. The van der Waals surface area contributed by atoms with Crippen molar-refractivity contribution in [3.05, 3.63) is 319 Å². The zero-order chi connectivity index (χ0) is 71.3. The molecule has 0 aliphatic carbocycles. The maximum atomic E-state index is 15.3. The predicted octanol–water partition coefficient (Wildman–Crippen LogP) is 14.0. The lowest BCUT2D eigenvalue weighted by Gasteiger charge is -2.22. The van der Waals surface area contributed by atoms with Crippen LogP contribution in [0.25, 0.3) is 0 Å². The third-order valence-corrected chi connectivity index (χ3v) is 26.2. The number of Topliss-reactive ketones (excluding diaryl/α,β-unsaturated/α-hetero) is 3. The molecule has 10 aromatic rings. The molecule has 0 aliphatic heterocycles. The fourth-order valence-electron chi connectivity index (χ4n) is 13.1. The standard InChI is InChI=1S/C81H69O15P3/c1-49-40-52(4)73(79(88)97(91,61-28-16-10-17-29-61)62-30-18-11-19-31-62)55(7)70(49)67(82)46-94-76(85)58-43-59(77(86)95-47-68(83)71-50(2)41-53(5)74(56(71)8)80(89)98(92,63-32-20-12-21-33-63)64-34-22-13-23-35-64)45-60(44-58)78(87)96-48-69(84)72-51(3)42-54(6)75(57(72)9)81(90)99(93,65-36-24-14-25-37-65)66-38-26-15-27-39-66/h10-45H,46-48H2,1-9H3. The highest BCUT2D eigenvalue weighted by molar-refractivity contribution is 7.94. The van der Waals surface area contributed by atoms with Crippen LogP contribution >= 0.6 is 21.4 Å². The van der Waals surface area contributed by atoms with Crippen molar-refractivity contribution < 1.29 is 71.1 Å². The van der Waals surface area contributed by atoms with Crippen LogP contribution in [-0.4, -0.2) is 71.7 Å². The Morgan fingerprint density at radius 3 is 0.606 bits per heavy atom. The number of benzene rings is 10. The molecule has 0 aromatic heterocycles. The SMILES string of the molecule is Cc1cc(C)c(C(=O)P(=O)(c2ccccc2)c2ccccc2)c(C)c1C(=O)COC(=O)c1cc(C(=O)OCC(=O)c2c(C)cc(C)c(C(=O)P(=O)(c3ccccc3)c3ccccc3)c2C)cc(C(=O)OCC(=O)c2c(C)cc(C)c(C(=O)P(=O)(c3ccccc3)c3ccccc3)c2C)c1. The predicted molar refractivity (Wildman–Crippen MR) is 385 cm³/mol. The Labute approximate surface area is 573 Å². The van der Waals surface area contributed by atoms with Crippen molar-refractivity contribution in [3.8, 4) is 0 Å². The fraction of sp³-hybridized carbons (Fsp3) is 0.148. The first-order valence-corrected chi connectivity index (χ1v) is 36.7. The van der Waals surface area contributed by atoms with Crippen molar-refractivity contribution in [3.63, 3.8) is 0 Å². The molecule has 0 bridgehead atoms. The summed E-state index contributed by atoms with van der Waals surface area (Å²) in [5.41, 5.74) is -0.402. The van der Waals surface area contributed by atoms with Gasteiger partial charge in [0.25, 0.3) is 0 Å². The van der Waals surface area contributed by atoms with E-state index in [2.05, 4.69) is 0 Å². The number of esters is 3. The topological polar surface area (TPSA) is 233 Å². The molecule has 10 rings (SSSR count). The summed E-state index contributed by atoms with van der Waals surface area (Å²) in [7, 11) is -12.2. The lowest BCUT2D eigenvalue weighted by molar-refractivity contribution is 0.0460. The van der Waals surface area contributed by atoms with Gasteiger partial charge in [-0.15, -0.1) is 0 Å². The second kappa shape index (κ2) is 29.6. The average Bonchev–Trinajstić information content (AvgIpc) is 0.760. The van der Waals surface area contributed by atoms with E-state index in [0.29, 0.717) is 33.4 Å². The lowest BCUT2D eigenvalue weighted by Crippen LogP contribution is -2.25. The minimum absolute atomic E-state index is 0.00855. The highest BCUT2D eigenvalue weighted by atomic mass is 31.2. The summed E-state index contributed by atoms with van der Waals surface area (Å²) in [4.78, 5) is 131. The van der Waals surface area contributed by atoms with Crippen LogP contribution in [0.15, 0.2) is 218 Å². The van der Waals surface area contributed by atoms with Gasteiger partial charge in [0.2, 0.25) is 55.3 Å². The molecular formula is C81H69O15P3. The van der Waals surface area contributed by atoms with Crippen molar-refractivity contribution >= 4 is 105 Å². The first kappa shape index (κ1) is 71.1. The van der Waals surface area contributed by atoms with Gasteiger partial charge >= 0.3 is 17.9 Å². The van der Waals surface area contributed by atoms with Gasteiger partial charge in [-0.05, 0) is 131 Å². The molecule has 15 nitrogen and oxygen atoms in total. The smallest absolute Gasteiger partial charge is 0.338 e. The van der Waals surface area contributed by atoms with E-state index in [1.54, 1.807) is 242 Å². The van der Waals surface area contributed by atoms with Gasteiger partial charge in [-0.1, -0.05) is 200 Å². The molecule has 0 amide bonds. The van der Waals surface area contributed by atoms with E-state index in [0.717, 1.165) is 18.2 Å². The Morgan fingerprint density at radius 1 is 0.253 bits per heavy atom. The van der Waals surface area contributed by atoms with Crippen LogP contribution in [0.2, 0.25) is 0 Å². The molecule has 0 aliphatic rings. The van der Waals surface area contributed by atoms with Crippen LogP contribution in [0.3, 0.4) is 0 Å². The molecular weight excluding hydrogens is 1310 g/mol. The zero-order valence-corrected chi connectivity index (χ0v) is 58.6. The van der Waals surface area contributed by atoms with Crippen LogP contribution in [-0.2, 0) is 27.9 Å². The van der Waals surface area contributed by atoms with E-state index < -0.39 is 110 Å². The number of ether oxygens (including phenoxy) is 3. The van der Waals surface area contributed by atoms with Crippen LogP contribution in [0, 0.1) is 62.3 Å². The van der Waals surface area contributed by atoms with Crippen molar-refractivity contribution in [2.75, 3.05) is 19.8 Å². The molecule has 0 spiro atoms. The van der Waals surface area contributed by atoms with E-state index >= 15 is 13.7 Å². The highest BCUT2D eigenvalue weighted by Crippen LogP contribution is 2.51. The molecule has 0 fully saturated rings. The van der Waals surface area contributed by atoms with E-state index in [1.165, 1.54) is 20.8 Å². The van der Waals surface area contributed by atoms with Gasteiger partial charge in [-0.2, -0.15) is 0 Å². The first-order valence-electron chi connectivity index (χ1n) is 31.6. The minimum atomic E-state index is -4.07. The molecule has 0 atom stereocenters. The second-order valence-corrected chi connectivity index (χ2v) is 32.2. The van der Waals surface area contributed by atoms with Gasteiger partial charge in [-0.25, -0.2) is 14.4 Å². The van der Waals surface area contributed by atoms with Crippen LogP contribution in [0.1, 0.15) is 143 Å². The quantitative estimate of drug-likeness (QED) is 0.0237. The molecule has 10 aromatic carbocycles. The summed E-state index contributed by atoms with van der Waals surface area (Å²) in [6.45, 7) is 11.7. The fourth-order valence-corrected chi connectivity index (χ4v) is 21.0. The van der Waals surface area contributed by atoms with Crippen LogP contribution < -0.4 is 31.8 Å². The third-order valence-electron chi connectivity index (χ3n) is 17.6. The maximum Gasteiger partial charge on any atom is 0.338 e. The highest BCUT2D eigenvalue weighted by Gasteiger charge is 2.42. The molecule has 18 heteroatoms. The van der Waals surface area contributed by atoms with Gasteiger partial charge in [0.15, 0.2) is 19.8 Å². The summed E-state index contributed by atoms with van der Waals surface area (Å²) in [5.74, 6) is -6.02. The third kappa shape index (κ3) is 13.8. The van der Waals surface area contributed by atoms with Gasteiger partial charge in [0.1, 0.15) is 0 Å². The molecule has 498 valence electrons. The summed E-state index contributed by atoms with van der Waals surface area (Å²) < 4.78 is 62.8. The van der Waals surface area contributed by atoms with Gasteiger partial charge < -0.3 is 27.9 Å². The number of hydrogen-bond donors (Lipinski definition) is 0. The van der Waals surface area contributed by atoms with Crippen molar-refractivity contribution in [2.45, 2.75) is 62.3 Å². The number of ketones is 3. The minimum Gasteiger partial charge on any atom is -0.454 e. The van der Waals surface area contributed by atoms with Crippen molar-refractivity contribution in [1.82, 2.24) is 0 Å². The number of carbonyl (C=O) groups excluding carboxylic acids is 9. The Bertz CT molecular complexity index is 4440. The first-order chi connectivity index (χ1) is 47.2. The van der Waals surface area contributed by atoms with E-state index in [4.69, 9.17) is 14.2 Å². The number of carbonyl (C=O) groups is 9. The number of rotatable bonds is 24. The number of hydrogen-bond acceptors (Lipinski definition) is 15. The summed E-state index contributed by atoms with van der Waals surface area (Å²) in [5, 5.41) is 1.67. The Hall–Kier alpha value is -10.7. The summed E-state index contributed by atoms with van der Waals surface area (Å²) >= 11 is 0. The maximum absolute atomic E-state index is 15.3. The lowest BCUT2D eigenvalue weighted by atomic mass is 9.92. The van der Waals surface area contributed by atoms with Gasteiger partial charge in [0.05, 0.1) is 16.7 Å².